The Morgan fingerprint density at radius 1 is 1.22 bits per heavy atom. The zero-order valence-electron chi connectivity index (χ0n) is 14.6. The zero-order valence-corrected chi connectivity index (χ0v) is 16.2. The highest BCUT2D eigenvalue weighted by molar-refractivity contribution is 8.00. The molecule has 0 aliphatic carbocycles. The maximum Gasteiger partial charge on any atom is 0.274 e. The Morgan fingerprint density at radius 2 is 2.07 bits per heavy atom. The summed E-state index contributed by atoms with van der Waals surface area (Å²) in [6.07, 6.45) is 0. The van der Waals surface area contributed by atoms with Crippen LogP contribution < -0.4 is 16.6 Å². The maximum atomic E-state index is 12.0. The molecule has 3 heterocycles. The average Bonchev–Trinajstić information content (AvgIpc) is 3.22. The number of aromatic amines is 1. The molecule has 9 nitrogen and oxygen atoms in total. The number of hydrogen-bond donors (Lipinski definition) is 3. The smallest absolute Gasteiger partial charge is 0.274 e. The number of nitrogen functional groups attached to an aromatic ring is 1. The van der Waals surface area contributed by atoms with Crippen LogP contribution in [-0.4, -0.2) is 29.8 Å². The summed E-state index contributed by atoms with van der Waals surface area (Å²) in [5, 5.41) is 14.9. The number of nitrogens with two attached hydrogens (primary N) is 1. The number of H-pyrrole nitrogens is 1. The molecule has 27 heavy (non-hydrogen) atoms. The van der Waals surface area contributed by atoms with E-state index in [0.717, 1.165) is 10.0 Å². The van der Waals surface area contributed by atoms with Gasteiger partial charge in [-0.05, 0) is 37.1 Å². The molecule has 0 radical (unpaired) electrons. The van der Waals surface area contributed by atoms with Crippen LogP contribution in [0.4, 0.5) is 16.8 Å². The molecule has 0 unspecified atom stereocenters. The van der Waals surface area contributed by atoms with Crippen LogP contribution in [0.1, 0.15) is 16.8 Å². The molecule has 0 bridgehead atoms. The van der Waals surface area contributed by atoms with Crippen molar-refractivity contribution < 1.29 is 0 Å². The van der Waals surface area contributed by atoms with Gasteiger partial charge in [0.25, 0.3) is 11.3 Å². The van der Waals surface area contributed by atoms with E-state index in [9.17, 15) is 4.79 Å². The van der Waals surface area contributed by atoms with Crippen molar-refractivity contribution in [3.63, 3.8) is 0 Å². The Morgan fingerprint density at radius 3 is 2.89 bits per heavy atom. The van der Waals surface area contributed by atoms with Crippen LogP contribution in [0.2, 0.25) is 0 Å². The highest BCUT2D eigenvalue weighted by atomic mass is 32.2. The van der Waals surface area contributed by atoms with E-state index in [4.69, 9.17) is 5.73 Å². The lowest BCUT2D eigenvalue weighted by molar-refractivity contribution is 0.891. The molecule has 0 aliphatic rings. The molecule has 0 spiro atoms. The SMILES string of the molecule is Cc1ccc(Nc2nnc(SCc3cc(=O)n4[nH]c(N)nc4n3)s2)cc1C. The number of hydrogen-bond acceptors (Lipinski definition) is 9. The number of nitrogens with zero attached hydrogens (tertiary/aromatic N) is 5. The first-order valence-electron chi connectivity index (χ1n) is 8.03. The van der Waals surface area contributed by atoms with Crippen LogP contribution in [-0.2, 0) is 5.75 Å². The highest BCUT2D eigenvalue weighted by Gasteiger charge is 2.10. The number of thioether (sulfide) groups is 1. The Labute approximate surface area is 162 Å². The van der Waals surface area contributed by atoms with E-state index >= 15 is 0 Å². The Balaban J connectivity index is 1.45. The Kier molecular flexibility index (Phi) is 4.54. The molecule has 1 aromatic carbocycles. The fourth-order valence-corrected chi connectivity index (χ4v) is 4.08. The normalized spacial score (nSPS) is 11.2. The summed E-state index contributed by atoms with van der Waals surface area (Å²) in [5.41, 5.74) is 9.35. The number of rotatable bonds is 5. The summed E-state index contributed by atoms with van der Waals surface area (Å²) in [5.74, 6) is 0.886. The van der Waals surface area contributed by atoms with Crippen molar-refractivity contribution >= 4 is 45.6 Å². The third kappa shape index (κ3) is 3.78. The standard InChI is InChI=1S/C16H16N8OS2/c1-8-3-4-10(5-9(8)2)19-15-21-22-16(27-15)26-7-11-6-12(25)24-14(18-11)20-13(17)23-24/h3-6H,7H2,1-2H3,(H,19,21)(H3,17,18,20,23). The second kappa shape index (κ2) is 7.00. The van der Waals surface area contributed by atoms with Gasteiger partial charge in [-0.1, -0.05) is 29.2 Å². The van der Waals surface area contributed by atoms with Gasteiger partial charge in [-0.2, -0.15) is 9.50 Å². The van der Waals surface area contributed by atoms with Gasteiger partial charge in [-0.25, -0.2) is 4.98 Å². The third-order valence-corrected chi connectivity index (χ3v) is 5.91. The lowest BCUT2D eigenvalue weighted by atomic mass is 10.1. The van der Waals surface area contributed by atoms with Gasteiger partial charge in [0.05, 0.1) is 5.69 Å². The van der Waals surface area contributed by atoms with Crippen molar-refractivity contribution in [2.24, 2.45) is 0 Å². The second-order valence-electron chi connectivity index (χ2n) is 5.92. The van der Waals surface area contributed by atoms with Crippen molar-refractivity contribution in [3.8, 4) is 0 Å². The first kappa shape index (κ1) is 17.5. The van der Waals surface area contributed by atoms with Crippen molar-refractivity contribution in [1.82, 2.24) is 29.8 Å². The Bertz CT molecular complexity index is 1180. The largest absolute Gasteiger partial charge is 0.368 e. The van der Waals surface area contributed by atoms with Crippen LogP contribution >= 0.6 is 23.1 Å². The molecule has 0 atom stereocenters. The number of aromatic nitrogens is 6. The van der Waals surface area contributed by atoms with Crippen LogP contribution in [0.5, 0.6) is 0 Å². The summed E-state index contributed by atoms with van der Waals surface area (Å²) >= 11 is 2.91. The molecule has 0 saturated carbocycles. The molecule has 0 saturated heterocycles. The molecule has 138 valence electrons. The van der Waals surface area contributed by atoms with E-state index in [1.54, 1.807) is 0 Å². The predicted molar refractivity (Wildman–Crippen MR) is 107 cm³/mol. The predicted octanol–water partition coefficient (Wildman–Crippen LogP) is 2.50. The van der Waals surface area contributed by atoms with E-state index in [1.165, 1.54) is 44.8 Å². The first-order chi connectivity index (χ1) is 13.0. The number of benzene rings is 1. The zero-order chi connectivity index (χ0) is 19.0. The summed E-state index contributed by atoms with van der Waals surface area (Å²) in [6.45, 7) is 4.15. The van der Waals surface area contributed by atoms with Crippen LogP contribution in [0, 0.1) is 13.8 Å². The fraction of sp³-hybridized carbons (Fsp3) is 0.188. The third-order valence-electron chi connectivity index (χ3n) is 3.91. The number of anilines is 3. The van der Waals surface area contributed by atoms with Crippen molar-refractivity contribution in [2.45, 2.75) is 23.9 Å². The van der Waals surface area contributed by atoms with Crippen molar-refractivity contribution in [2.75, 3.05) is 11.1 Å². The second-order valence-corrected chi connectivity index (χ2v) is 8.12. The van der Waals surface area contributed by atoms with Crippen LogP contribution in [0.25, 0.3) is 5.78 Å². The summed E-state index contributed by atoms with van der Waals surface area (Å²) in [7, 11) is 0. The molecule has 0 fully saturated rings. The first-order valence-corrected chi connectivity index (χ1v) is 9.83. The molecule has 0 aliphatic heterocycles. The molecule has 0 amide bonds. The highest BCUT2D eigenvalue weighted by Crippen LogP contribution is 2.29. The average molecular weight is 400 g/mol. The lowest BCUT2D eigenvalue weighted by Gasteiger charge is -2.05. The van der Waals surface area contributed by atoms with E-state index in [-0.39, 0.29) is 17.3 Å². The van der Waals surface area contributed by atoms with Gasteiger partial charge in [-0.3, -0.25) is 9.89 Å². The van der Waals surface area contributed by atoms with Gasteiger partial charge in [0.1, 0.15) is 0 Å². The van der Waals surface area contributed by atoms with Gasteiger partial charge >= 0.3 is 0 Å². The van der Waals surface area contributed by atoms with Crippen molar-refractivity contribution in [3.05, 3.63) is 51.4 Å². The van der Waals surface area contributed by atoms with Crippen LogP contribution in [0.15, 0.2) is 33.4 Å². The molecule has 4 rings (SSSR count). The maximum absolute atomic E-state index is 12.0. The minimum absolute atomic E-state index is 0.149. The molecule has 4 aromatic rings. The van der Waals surface area contributed by atoms with Gasteiger partial charge in [0.15, 0.2) is 4.34 Å². The summed E-state index contributed by atoms with van der Waals surface area (Å²) < 4.78 is 1.99. The van der Waals surface area contributed by atoms with E-state index in [0.29, 0.717) is 16.6 Å². The number of aryl methyl sites for hydroxylation is 2. The van der Waals surface area contributed by atoms with Crippen molar-refractivity contribution in [1.29, 1.82) is 0 Å². The van der Waals surface area contributed by atoms with Gasteiger partial charge in [0, 0.05) is 17.5 Å². The molecular formula is C16H16N8OS2. The lowest BCUT2D eigenvalue weighted by Crippen LogP contribution is -2.15. The monoisotopic (exact) mass is 400 g/mol. The number of nitrogens with one attached hydrogen (secondary N) is 2. The van der Waals surface area contributed by atoms with E-state index < -0.39 is 0 Å². The van der Waals surface area contributed by atoms with E-state index in [1.807, 2.05) is 6.07 Å². The minimum Gasteiger partial charge on any atom is -0.368 e. The fourth-order valence-electron chi connectivity index (χ4n) is 2.41. The summed E-state index contributed by atoms with van der Waals surface area (Å²) in [6, 6.07) is 7.60. The number of fused-ring (bicyclic) bond motifs is 1. The van der Waals surface area contributed by atoms with Crippen LogP contribution in [0.3, 0.4) is 0 Å². The van der Waals surface area contributed by atoms with Gasteiger partial charge < -0.3 is 11.1 Å². The quantitative estimate of drug-likeness (QED) is 0.436. The Hall–Kier alpha value is -2.92. The van der Waals surface area contributed by atoms with E-state index in [2.05, 4.69) is 56.6 Å². The summed E-state index contributed by atoms with van der Waals surface area (Å²) in [4.78, 5) is 20.3. The molecule has 11 heteroatoms. The topological polar surface area (TPSA) is 127 Å². The molecule has 4 N–H and O–H groups in total. The van der Waals surface area contributed by atoms with Gasteiger partial charge in [-0.15, -0.1) is 10.2 Å². The molecule has 3 aromatic heterocycles. The minimum atomic E-state index is -0.255. The molecular weight excluding hydrogens is 384 g/mol. The van der Waals surface area contributed by atoms with Gasteiger partial charge in [0.2, 0.25) is 11.1 Å².